The summed E-state index contributed by atoms with van der Waals surface area (Å²) in [5, 5.41) is 12.7. The molecular weight excluding hydrogens is 282 g/mol. The quantitative estimate of drug-likeness (QED) is 0.901. The summed E-state index contributed by atoms with van der Waals surface area (Å²) in [4.78, 5) is 11.5. The third-order valence-corrected chi connectivity index (χ3v) is 4.19. The van der Waals surface area contributed by atoms with E-state index in [1.54, 1.807) is 0 Å². The Hall–Kier alpha value is -0.870. The van der Waals surface area contributed by atoms with E-state index in [1.807, 2.05) is 24.3 Å². The Morgan fingerprint density at radius 2 is 2.24 bits per heavy atom. The summed E-state index contributed by atoms with van der Waals surface area (Å²) in [5.74, 6) is -0.694. The van der Waals surface area contributed by atoms with Crippen molar-refractivity contribution in [3.8, 4) is 0 Å². The highest BCUT2D eigenvalue weighted by Crippen LogP contribution is 2.33. The summed E-state index contributed by atoms with van der Waals surface area (Å²) in [6, 6.07) is 7.84. The fourth-order valence-electron chi connectivity index (χ4n) is 2.38. The molecule has 4 heteroatoms. The molecule has 0 bridgehead atoms. The minimum Gasteiger partial charge on any atom is -0.481 e. The maximum Gasteiger partial charge on any atom is 0.311 e. The number of hydrogen-bond donors (Lipinski definition) is 2. The molecule has 1 aliphatic heterocycles. The Kier molecular flexibility index (Phi) is 3.84. The molecular formula is C13H16BrNO2. The summed E-state index contributed by atoms with van der Waals surface area (Å²) < 4.78 is 0.992. The van der Waals surface area contributed by atoms with Gasteiger partial charge in [-0.2, -0.15) is 0 Å². The summed E-state index contributed by atoms with van der Waals surface area (Å²) in [5.41, 5.74) is 0.417. The molecule has 1 aliphatic rings. The largest absolute Gasteiger partial charge is 0.481 e. The van der Waals surface area contributed by atoms with Gasteiger partial charge in [-0.1, -0.05) is 34.1 Å². The second kappa shape index (κ2) is 5.19. The van der Waals surface area contributed by atoms with Gasteiger partial charge in [0, 0.05) is 11.0 Å². The highest BCUT2D eigenvalue weighted by Gasteiger charge is 2.40. The second-order valence-electron chi connectivity index (χ2n) is 4.63. The topological polar surface area (TPSA) is 49.3 Å². The van der Waals surface area contributed by atoms with Crippen LogP contribution in [0.15, 0.2) is 28.7 Å². The van der Waals surface area contributed by atoms with Gasteiger partial charge in [0.2, 0.25) is 0 Å². The van der Waals surface area contributed by atoms with Gasteiger partial charge in [0.25, 0.3) is 0 Å². The summed E-state index contributed by atoms with van der Waals surface area (Å²) in [6.45, 7) is 1.48. The summed E-state index contributed by atoms with van der Waals surface area (Å²) in [6.07, 6.45) is 2.25. The number of piperidine rings is 1. The van der Waals surface area contributed by atoms with Crippen LogP contribution in [0.5, 0.6) is 0 Å². The van der Waals surface area contributed by atoms with Crippen LogP contribution < -0.4 is 5.32 Å². The molecule has 3 nitrogen and oxygen atoms in total. The molecule has 1 aromatic rings. The van der Waals surface area contributed by atoms with Gasteiger partial charge >= 0.3 is 5.97 Å². The zero-order valence-electron chi connectivity index (χ0n) is 9.58. The first-order chi connectivity index (χ1) is 8.14. The predicted molar refractivity (Wildman–Crippen MR) is 70.0 cm³/mol. The molecule has 92 valence electrons. The van der Waals surface area contributed by atoms with Crippen LogP contribution in [0.2, 0.25) is 0 Å². The number of carboxylic acid groups (broad SMARTS) is 1. The first kappa shape index (κ1) is 12.6. The standard InChI is InChI=1S/C13H16BrNO2/c14-11-5-2-1-4-10(11)8-13(12(16)17)6-3-7-15-9-13/h1-2,4-5,15H,3,6-9H2,(H,16,17). The van der Waals surface area contributed by atoms with E-state index < -0.39 is 11.4 Å². The van der Waals surface area contributed by atoms with E-state index in [2.05, 4.69) is 21.2 Å². The molecule has 2 N–H and O–H groups in total. The molecule has 1 unspecified atom stereocenters. The van der Waals surface area contributed by atoms with Crippen molar-refractivity contribution in [3.63, 3.8) is 0 Å². The number of carboxylic acids is 1. The molecule has 0 radical (unpaired) electrons. The highest BCUT2D eigenvalue weighted by atomic mass is 79.9. The molecule has 1 fully saturated rings. The highest BCUT2D eigenvalue weighted by molar-refractivity contribution is 9.10. The van der Waals surface area contributed by atoms with Crippen molar-refractivity contribution in [3.05, 3.63) is 34.3 Å². The van der Waals surface area contributed by atoms with Crippen LogP contribution in [0.3, 0.4) is 0 Å². The normalized spacial score (nSPS) is 24.5. The fourth-order valence-corrected chi connectivity index (χ4v) is 2.81. The maximum absolute atomic E-state index is 11.5. The van der Waals surface area contributed by atoms with Gasteiger partial charge in [-0.3, -0.25) is 4.79 Å². The lowest BCUT2D eigenvalue weighted by Gasteiger charge is -2.34. The number of carbonyl (C=O) groups is 1. The molecule has 1 heterocycles. The molecule has 1 atom stereocenters. The summed E-state index contributed by atoms with van der Waals surface area (Å²) >= 11 is 3.48. The van der Waals surface area contributed by atoms with Gasteiger partial charge in [0.1, 0.15) is 0 Å². The molecule has 1 saturated heterocycles. The van der Waals surface area contributed by atoms with E-state index in [-0.39, 0.29) is 0 Å². The molecule has 0 aromatic heterocycles. The van der Waals surface area contributed by atoms with Crippen molar-refractivity contribution in [2.24, 2.45) is 5.41 Å². The van der Waals surface area contributed by atoms with Crippen LogP contribution in [0.4, 0.5) is 0 Å². The lowest BCUT2D eigenvalue weighted by atomic mass is 9.76. The van der Waals surface area contributed by atoms with Crippen molar-refractivity contribution < 1.29 is 9.90 Å². The summed E-state index contributed by atoms with van der Waals surface area (Å²) in [7, 11) is 0. The van der Waals surface area contributed by atoms with Gasteiger partial charge in [-0.05, 0) is 37.4 Å². The molecule has 0 spiro atoms. The van der Waals surface area contributed by atoms with Crippen LogP contribution in [0, 0.1) is 5.41 Å². The van der Waals surface area contributed by atoms with Gasteiger partial charge in [0.15, 0.2) is 0 Å². The average Bonchev–Trinajstić information content (AvgIpc) is 2.33. The van der Waals surface area contributed by atoms with E-state index in [1.165, 1.54) is 0 Å². The first-order valence-corrected chi connectivity index (χ1v) is 6.61. The smallest absolute Gasteiger partial charge is 0.311 e. The number of nitrogens with one attached hydrogen (secondary N) is 1. The Balaban J connectivity index is 2.24. The molecule has 0 aliphatic carbocycles. The lowest BCUT2D eigenvalue weighted by Crippen LogP contribution is -2.47. The average molecular weight is 298 g/mol. The zero-order chi connectivity index (χ0) is 12.3. The number of halogens is 1. The number of hydrogen-bond acceptors (Lipinski definition) is 2. The Morgan fingerprint density at radius 3 is 2.82 bits per heavy atom. The van der Waals surface area contributed by atoms with Crippen LogP contribution in [0.1, 0.15) is 18.4 Å². The molecule has 1 aromatic carbocycles. The maximum atomic E-state index is 11.5. The van der Waals surface area contributed by atoms with E-state index in [0.29, 0.717) is 13.0 Å². The van der Waals surface area contributed by atoms with Crippen molar-refractivity contribution in [2.45, 2.75) is 19.3 Å². The molecule has 0 amide bonds. The predicted octanol–water partition coefficient (Wildman–Crippen LogP) is 2.45. The van der Waals surface area contributed by atoms with E-state index in [4.69, 9.17) is 0 Å². The molecule has 17 heavy (non-hydrogen) atoms. The van der Waals surface area contributed by atoms with E-state index >= 15 is 0 Å². The first-order valence-electron chi connectivity index (χ1n) is 5.82. The van der Waals surface area contributed by atoms with Gasteiger partial charge in [-0.15, -0.1) is 0 Å². The zero-order valence-corrected chi connectivity index (χ0v) is 11.2. The van der Waals surface area contributed by atoms with E-state index in [0.717, 1.165) is 29.4 Å². The van der Waals surface area contributed by atoms with Crippen LogP contribution in [-0.4, -0.2) is 24.2 Å². The third-order valence-electron chi connectivity index (χ3n) is 3.41. The van der Waals surface area contributed by atoms with E-state index in [9.17, 15) is 9.90 Å². The number of benzene rings is 1. The lowest BCUT2D eigenvalue weighted by molar-refractivity contribution is -0.150. The Morgan fingerprint density at radius 1 is 1.47 bits per heavy atom. The van der Waals surface area contributed by atoms with Gasteiger partial charge in [-0.25, -0.2) is 0 Å². The fraction of sp³-hybridized carbons (Fsp3) is 0.462. The van der Waals surface area contributed by atoms with Crippen LogP contribution >= 0.6 is 15.9 Å². The SMILES string of the molecule is O=C(O)C1(Cc2ccccc2Br)CCCNC1. The molecule has 2 rings (SSSR count). The second-order valence-corrected chi connectivity index (χ2v) is 5.49. The van der Waals surface area contributed by atoms with Crippen molar-refractivity contribution in [1.29, 1.82) is 0 Å². The van der Waals surface area contributed by atoms with Crippen molar-refractivity contribution in [1.82, 2.24) is 5.32 Å². The Labute approximate surface area is 109 Å². The molecule has 0 saturated carbocycles. The number of aliphatic carboxylic acids is 1. The minimum absolute atomic E-state index is 0.559. The van der Waals surface area contributed by atoms with Crippen LogP contribution in [-0.2, 0) is 11.2 Å². The van der Waals surface area contributed by atoms with Crippen LogP contribution in [0.25, 0.3) is 0 Å². The van der Waals surface area contributed by atoms with Gasteiger partial charge < -0.3 is 10.4 Å². The third kappa shape index (κ3) is 2.69. The Bertz CT molecular complexity index is 414. The van der Waals surface area contributed by atoms with Gasteiger partial charge in [0.05, 0.1) is 5.41 Å². The minimum atomic E-state index is -0.694. The van der Waals surface area contributed by atoms with Crippen molar-refractivity contribution in [2.75, 3.05) is 13.1 Å². The van der Waals surface area contributed by atoms with Crippen molar-refractivity contribution >= 4 is 21.9 Å². The number of rotatable bonds is 3. The monoisotopic (exact) mass is 297 g/mol.